The molecule has 0 spiro atoms. The molecule has 0 aromatic heterocycles. The number of benzene rings is 1. The molecule has 0 heterocycles. The van der Waals surface area contributed by atoms with Gasteiger partial charge in [-0.1, -0.05) is 98.1 Å². The lowest BCUT2D eigenvalue weighted by atomic mass is 10.0. The molecular formula is C21H41NOSi2. The van der Waals surface area contributed by atoms with Crippen molar-refractivity contribution in [1.29, 1.82) is 0 Å². The van der Waals surface area contributed by atoms with Gasteiger partial charge in [0.1, 0.15) is 16.5 Å². The molecule has 25 heavy (non-hydrogen) atoms. The van der Waals surface area contributed by atoms with Gasteiger partial charge in [0.05, 0.1) is 6.10 Å². The van der Waals surface area contributed by atoms with Crippen LogP contribution >= 0.6 is 0 Å². The van der Waals surface area contributed by atoms with Crippen LogP contribution < -0.4 is 0 Å². The first-order chi connectivity index (χ1) is 11.0. The Hall–Kier alpha value is -0.426. The van der Waals surface area contributed by atoms with E-state index < -0.39 is 22.6 Å². The Labute approximate surface area is 158 Å². The molecule has 0 saturated carbocycles. The summed E-state index contributed by atoms with van der Waals surface area (Å²) in [6, 6.07) is 10.3. The van der Waals surface area contributed by atoms with Crippen LogP contribution in [0.5, 0.6) is 0 Å². The van der Waals surface area contributed by atoms with Gasteiger partial charge in [-0.05, 0) is 22.6 Å². The molecule has 0 saturated heterocycles. The molecule has 0 bridgehead atoms. The Morgan fingerprint density at radius 3 is 1.48 bits per heavy atom. The lowest BCUT2D eigenvalue weighted by Gasteiger charge is -2.60. The molecule has 0 fully saturated rings. The van der Waals surface area contributed by atoms with Gasteiger partial charge in [-0.15, -0.1) is 0 Å². The topological polar surface area (TPSA) is 23.5 Å². The zero-order valence-electron chi connectivity index (χ0n) is 18.4. The molecule has 144 valence electrons. The Morgan fingerprint density at radius 2 is 1.16 bits per heavy atom. The zero-order chi connectivity index (χ0) is 19.8. The molecule has 4 heteroatoms. The highest BCUT2D eigenvalue weighted by Crippen LogP contribution is 2.49. The standard InChI is InChI=1S/C21H41NOSi2/c1-17(19(23)18-15-13-12-14-16-18)22(24(8,9)20(2,3)4)25(10,11)21(5,6)7/h12-17,19,23H,1-11H3/t17-,19+/m0/s1. The van der Waals surface area contributed by atoms with Crippen LogP contribution in [0.25, 0.3) is 0 Å². The van der Waals surface area contributed by atoms with Crippen molar-refractivity contribution in [2.45, 2.75) is 96.9 Å². The van der Waals surface area contributed by atoms with Gasteiger partial charge >= 0.3 is 0 Å². The molecule has 0 radical (unpaired) electrons. The summed E-state index contributed by atoms with van der Waals surface area (Å²) in [6.45, 7) is 26.4. The number of aliphatic hydroxyl groups is 1. The molecule has 2 atom stereocenters. The summed E-state index contributed by atoms with van der Waals surface area (Å²) in [5.41, 5.74) is 1.03. The van der Waals surface area contributed by atoms with Crippen molar-refractivity contribution >= 4 is 16.5 Å². The Bertz CT molecular complexity index is 529. The van der Waals surface area contributed by atoms with Crippen LogP contribution in [0.1, 0.15) is 60.1 Å². The van der Waals surface area contributed by atoms with Gasteiger partial charge < -0.3 is 9.34 Å². The number of hydrogen-bond donors (Lipinski definition) is 1. The van der Waals surface area contributed by atoms with Crippen LogP contribution in [-0.4, -0.2) is 31.9 Å². The first-order valence-corrected chi connectivity index (χ1v) is 15.5. The molecular weight excluding hydrogens is 338 g/mol. The highest BCUT2D eigenvalue weighted by atomic mass is 28.4. The van der Waals surface area contributed by atoms with E-state index in [2.05, 4.69) is 91.0 Å². The minimum absolute atomic E-state index is 0.115. The second kappa shape index (κ2) is 7.30. The fourth-order valence-corrected chi connectivity index (χ4v) is 14.9. The minimum Gasteiger partial charge on any atom is -0.387 e. The van der Waals surface area contributed by atoms with Gasteiger partial charge in [0.2, 0.25) is 0 Å². The molecule has 0 unspecified atom stereocenters. The molecule has 1 aromatic carbocycles. The maximum Gasteiger partial charge on any atom is 0.121 e. The van der Waals surface area contributed by atoms with Crippen molar-refractivity contribution < 1.29 is 5.11 Å². The molecule has 1 rings (SSSR count). The number of aliphatic hydroxyl groups excluding tert-OH is 1. The van der Waals surface area contributed by atoms with Crippen LogP contribution in [0.2, 0.25) is 36.3 Å². The molecule has 0 amide bonds. The van der Waals surface area contributed by atoms with Crippen molar-refractivity contribution in [3.8, 4) is 0 Å². The van der Waals surface area contributed by atoms with E-state index in [4.69, 9.17) is 0 Å². The predicted octanol–water partition coefficient (Wildman–Crippen LogP) is 6.42. The minimum atomic E-state index is -1.80. The summed E-state index contributed by atoms with van der Waals surface area (Å²) in [5, 5.41) is 11.7. The zero-order valence-corrected chi connectivity index (χ0v) is 20.4. The summed E-state index contributed by atoms with van der Waals surface area (Å²) in [6.07, 6.45) is -0.454. The number of hydrogen-bond acceptors (Lipinski definition) is 2. The summed E-state index contributed by atoms with van der Waals surface area (Å²) in [7, 11) is -3.61. The molecule has 2 nitrogen and oxygen atoms in total. The fraction of sp³-hybridized carbons (Fsp3) is 0.714. The molecule has 0 aliphatic carbocycles. The van der Waals surface area contributed by atoms with Crippen molar-refractivity contribution in [2.75, 3.05) is 0 Å². The third-order valence-corrected chi connectivity index (χ3v) is 20.8. The van der Waals surface area contributed by atoms with Gasteiger partial charge in [0, 0.05) is 6.04 Å². The van der Waals surface area contributed by atoms with E-state index in [-0.39, 0.29) is 16.1 Å². The predicted molar refractivity (Wildman–Crippen MR) is 117 cm³/mol. The van der Waals surface area contributed by atoms with Crippen LogP contribution in [0.3, 0.4) is 0 Å². The Kier molecular flexibility index (Phi) is 6.60. The van der Waals surface area contributed by atoms with Crippen molar-refractivity contribution in [2.24, 2.45) is 0 Å². The highest BCUT2D eigenvalue weighted by Gasteiger charge is 2.54. The van der Waals surface area contributed by atoms with Crippen molar-refractivity contribution in [3.63, 3.8) is 0 Å². The third-order valence-electron chi connectivity index (χ3n) is 6.88. The van der Waals surface area contributed by atoms with E-state index in [0.717, 1.165) is 5.56 Å². The SMILES string of the molecule is C[C@@H]([C@@H](O)c1ccccc1)N([Si](C)(C)C(C)(C)C)[Si](C)(C)C(C)(C)C. The summed E-state index contributed by atoms with van der Waals surface area (Å²) in [5.74, 6) is 0. The maximum absolute atomic E-state index is 11.2. The van der Waals surface area contributed by atoms with Crippen LogP contribution in [0.4, 0.5) is 0 Å². The first kappa shape index (κ1) is 22.6. The summed E-state index contributed by atoms with van der Waals surface area (Å²) >= 11 is 0. The van der Waals surface area contributed by atoms with Gasteiger partial charge in [-0.2, -0.15) is 0 Å². The molecule has 0 aliphatic rings. The van der Waals surface area contributed by atoms with Crippen LogP contribution in [-0.2, 0) is 0 Å². The normalized spacial score (nSPS) is 16.8. The second-order valence-corrected chi connectivity index (χ2v) is 21.2. The van der Waals surface area contributed by atoms with Crippen LogP contribution in [0.15, 0.2) is 30.3 Å². The molecule has 1 aromatic rings. The lowest BCUT2D eigenvalue weighted by Crippen LogP contribution is -2.71. The second-order valence-electron chi connectivity index (χ2n) is 10.6. The average Bonchev–Trinajstić information content (AvgIpc) is 2.44. The summed E-state index contributed by atoms with van der Waals surface area (Å²) < 4.78 is 2.83. The van der Waals surface area contributed by atoms with Gasteiger partial charge in [0.15, 0.2) is 0 Å². The van der Waals surface area contributed by atoms with E-state index >= 15 is 0 Å². The van der Waals surface area contributed by atoms with Crippen LogP contribution in [0, 0.1) is 0 Å². The van der Waals surface area contributed by atoms with Crippen molar-refractivity contribution in [1.82, 2.24) is 4.23 Å². The van der Waals surface area contributed by atoms with E-state index in [1.165, 1.54) is 0 Å². The highest BCUT2D eigenvalue weighted by molar-refractivity contribution is 6.93. The van der Waals surface area contributed by atoms with E-state index in [1.54, 1.807) is 0 Å². The number of nitrogens with zero attached hydrogens (tertiary/aromatic N) is 1. The average molecular weight is 380 g/mol. The molecule has 1 N–H and O–H groups in total. The van der Waals surface area contributed by atoms with E-state index in [9.17, 15) is 5.11 Å². The maximum atomic E-state index is 11.2. The smallest absolute Gasteiger partial charge is 0.121 e. The first-order valence-electron chi connectivity index (χ1n) is 9.57. The van der Waals surface area contributed by atoms with E-state index in [1.807, 2.05) is 18.2 Å². The Balaban J connectivity index is 3.47. The quantitative estimate of drug-likeness (QED) is 0.596. The lowest BCUT2D eigenvalue weighted by molar-refractivity contribution is 0.115. The third kappa shape index (κ3) is 4.46. The van der Waals surface area contributed by atoms with Crippen molar-refractivity contribution in [3.05, 3.63) is 35.9 Å². The summed E-state index contributed by atoms with van der Waals surface area (Å²) in [4.78, 5) is 0. The fourth-order valence-electron chi connectivity index (χ4n) is 3.51. The largest absolute Gasteiger partial charge is 0.387 e. The molecule has 0 aliphatic heterocycles. The van der Waals surface area contributed by atoms with Gasteiger partial charge in [-0.25, -0.2) is 0 Å². The van der Waals surface area contributed by atoms with Gasteiger partial charge in [-0.3, -0.25) is 0 Å². The Morgan fingerprint density at radius 1 is 0.800 bits per heavy atom. The monoisotopic (exact) mass is 379 g/mol. The van der Waals surface area contributed by atoms with E-state index in [0.29, 0.717) is 0 Å². The van der Waals surface area contributed by atoms with Gasteiger partial charge in [0.25, 0.3) is 0 Å². The number of rotatable bonds is 5.